The average Bonchev–Trinajstić information content (AvgIpc) is 2.95. The summed E-state index contributed by atoms with van der Waals surface area (Å²) >= 11 is 0. The summed E-state index contributed by atoms with van der Waals surface area (Å²) in [5.74, 6) is 1.10. The summed E-state index contributed by atoms with van der Waals surface area (Å²) < 4.78 is 8.00. The minimum atomic E-state index is 0.201. The molecule has 1 aromatic heterocycles. The minimum Gasteiger partial charge on any atom is -0.370 e. The fraction of sp³-hybridized carbons (Fsp3) is 0.462. The Kier molecular flexibility index (Phi) is 2.40. The molecule has 1 fully saturated rings. The molecule has 84 valence electrons. The zero-order chi connectivity index (χ0) is 11.0. The monoisotopic (exact) mass is 216 g/mol. The van der Waals surface area contributed by atoms with E-state index >= 15 is 0 Å². The van der Waals surface area contributed by atoms with Crippen LogP contribution in [-0.2, 0) is 11.3 Å². The maximum Gasteiger partial charge on any atom is 0.139 e. The number of aromatic nitrogens is 2. The van der Waals surface area contributed by atoms with E-state index in [-0.39, 0.29) is 6.10 Å². The first-order chi connectivity index (χ1) is 7.90. The Hall–Kier alpha value is -1.35. The van der Waals surface area contributed by atoms with Gasteiger partial charge in [0.25, 0.3) is 0 Å². The Morgan fingerprint density at radius 1 is 1.44 bits per heavy atom. The number of fused-ring (bicyclic) bond motifs is 1. The van der Waals surface area contributed by atoms with Crippen molar-refractivity contribution in [3.8, 4) is 0 Å². The van der Waals surface area contributed by atoms with Crippen LogP contribution in [0.2, 0.25) is 0 Å². The molecule has 1 aromatic carbocycles. The van der Waals surface area contributed by atoms with Gasteiger partial charge in [-0.25, -0.2) is 4.98 Å². The van der Waals surface area contributed by atoms with Gasteiger partial charge in [0.05, 0.1) is 11.0 Å². The molecule has 0 unspecified atom stereocenters. The minimum absolute atomic E-state index is 0.201. The number of nitrogens with zero attached hydrogens (tertiary/aromatic N) is 2. The molecule has 1 aliphatic rings. The lowest BCUT2D eigenvalue weighted by Gasteiger charge is -2.11. The van der Waals surface area contributed by atoms with Crippen molar-refractivity contribution >= 4 is 11.0 Å². The van der Waals surface area contributed by atoms with E-state index in [1.54, 1.807) is 0 Å². The van der Waals surface area contributed by atoms with Crippen LogP contribution in [0.15, 0.2) is 24.3 Å². The third-order valence-corrected chi connectivity index (χ3v) is 3.22. The van der Waals surface area contributed by atoms with E-state index in [4.69, 9.17) is 9.72 Å². The number of aryl methyl sites for hydroxylation is 1. The number of para-hydroxylation sites is 2. The van der Waals surface area contributed by atoms with Gasteiger partial charge in [-0.05, 0) is 31.9 Å². The third-order valence-electron chi connectivity index (χ3n) is 3.22. The Labute approximate surface area is 95.0 Å². The second kappa shape index (κ2) is 3.91. The summed E-state index contributed by atoms with van der Waals surface area (Å²) in [6, 6.07) is 8.30. The van der Waals surface area contributed by atoms with Crippen LogP contribution in [0.1, 0.15) is 31.7 Å². The number of imidazole rings is 1. The van der Waals surface area contributed by atoms with Crippen LogP contribution in [0.25, 0.3) is 11.0 Å². The van der Waals surface area contributed by atoms with Crippen molar-refractivity contribution in [2.45, 2.75) is 32.4 Å². The van der Waals surface area contributed by atoms with Gasteiger partial charge in [-0.1, -0.05) is 12.1 Å². The zero-order valence-electron chi connectivity index (χ0n) is 9.52. The Balaban J connectivity index is 2.15. The molecule has 0 radical (unpaired) electrons. The molecule has 1 atom stereocenters. The highest BCUT2D eigenvalue weighted by molar-refractivity contribution is 5.76. The van der Waals surface area contributed by atoms with E-state index in [1.165, 1.54) is 5.52 Å². The molecule has 2 aromatic rings. The molecule has 1 saturated heterocycles. The molecule has 0 amide bonds. The maximum absolute atomic E-state index is 5.73. The first kappa shape index (κ1) is 9.85. The van der Waals surface area contributed by atoms with Gasteiger partial charge in [0.2, 0.25) is 0 Å². The molecule has 0 bridgehead atoms. The van der Waals surface area contributed by atoms with Gasteiger partial charge in [-0.15, -0.1) is 0 Å². The fourth-order valence-electron chi connectivity index (χ4n) is 2.45. The number of rotatable bonds is 2. The summed E-state index contributed by atoms with van der Waals surface area (Å²) in [6.45, 7) is 3.99. The first-order valence-electron chi connectivity index (χ1n) is 5.97. The summed E-state index contributed by atoms with van der Waals surface area (Å²) in [4.78, 5) is 4.70. The standard InChI is InChI=1S/C13H16N2O/c1-2-15-11-7-4-3-6-10(11)14-13(15)12-8-5-9-16-12/h3-4,6-7,12H,2,5,8-9H2,1H3/t12-/m1/s1. The van der Waals surface area contributed by atoms with Gasteiger partial charge in [0, 0.05) is 13.2 Å². The van der Waals surface area contributed by atoms with Crippen LogP contribution in [0.3, 0.4) is 0 Å². The molecule has 0 saturated carbocycles. The fourth-order valence-corrected chi connectivity index (χ4v) is 2.45. The molecular formula is C13H16N2O. The van der Waals surface area contributed by atoms with Crippen molar-refractivity contribution in [1.29, 1.82) is 0 Å². The van der Waals surface area contributed by atoms with E-state index < -0.39 is 0 Å². The van der Waals surface area contributed by atoms with Crippen molar-refractivity contribution in [2.75, 3.05) is 6.61 Å². The van der Waals surface area contributed by atoms with Crippen molar-refractivity contribution in [3.63, 3.8) is 0 Å². The van der Waals surface area contributed by atoms with Crippen molar-refractivity contribution in [2.24, 2.45) is 0 Å². The van der Waals surface area contributed by atoms with Crippen LogP contribution in [0.4, 0.5) is 0 Å². The van der Waals surface area contributed by atoms with Crippen LogP contribution in [0.5, 0.6) is 0 Å². The van der Waals surface area contributed by atoms with Crippen molar-refractivity contribution < 1.29 is 4.74 Å². The molecule has 0 N–H and O–H groups in total. The Morgan fingerprint density at radius 3 is 3.06 bits per heavy atom. The Bertz CT molecular complexity index is 498. The van der Waals surface area contributed by atoms with E-state index in [0.717, 1.165) is 37.3 Å². The molecule has 0 aliphatic carbocycles. The predicted octanol–water partition coefficient (Wildman–Crippen LogP) is 2.91. The number of ether oxygens (including phenoxy) is 1. The highest BCUT2D eigenvalue weighted by Gasteiger charge is 2.23. The average molecular weight is 216 g/mol. The summed E-state index contributed by atoms with van der Waals surface area (Å²) in [7, 11) is 0. The highest BCUT2D eigenvalue weighted by atomic mass is 16.5. The van der Waals surface area contributed by atoms with Crippen molar-refractivity contribution in [1.82, 2.24) is 9.55 Å². The van der Waals surface area contributed by atoms with E-state index in [1.807, 2.05) is 6.07 Å². The molecule has 16 heavy (non-hydrogen) atoms. The normalized spacial score (nSPS) is 20.7. The zero-order valence-corrected chi connectivity index (χ0v) is 9.52. The predicted molar refractivity (Wildman–Crippen MR) is 63.3 cm³/mol. The van der Waals surface area contributed by atoms with Gasteiger partial charge in [-0.3, -0.25) is 0 Å². The van der Waals surface area contributed by atoms with Crippen LogP contribution in [-0.4, -0.2) is 16.2 Å². The summed E-state index contributed by atoms with van der Waals surface area (Å²) in [5, 5.41) is 0. The van der Waals surface area contributed by atoms with Crippen LogP contribution >= 0.6 is 0 Å². The maximum atomic E-state index is 5.73. The lowest BCUT2D eigenvalue weighted by Crippen LogP contribution is -2.07. The SMILES string of the molecule is CCn1c([C@H]2CCCO2)nc2ccccc21. The topological polar surface area (TPSA) is 27.1 Å². The molecule has 3 heteroatoms. The smallest absolute Gasteiger partial charge is 0.139 e. The first-order valence-corrected chi connectivity index (χ1v) is 5.97. The van der Waals surface area contributed by atoms with Gasteiger partial charge < -0.3 is 9.30 Å². The lowest BCUT2D eigenvalue weighted by molar-refractivity contribution is 0.102. The van der Waals surface area contributed by atoms with E-state index in [0.29, 0.717) is 0 Å². The third kappa shape index (κ3) is 1.43. The largest absolute Gasteiger partial charge is 0.370 e. The molecule has 2 heterocycles. The van der Waals surface area contributed by atoms with Gasteiger partial charge in [0.1, 0.15) is 11.9 Å². The number of benzene rings is 1. The molecular weight excluding hydrogens is 200 g/mol. The van der Waals surface area contributed by atoms with E-state index in [9.17, 15) is 0 Å². The van der Waals surface area contributed by atoms with Crippen molar-refractivity contribution in [3.05, 3.63) is 30.1 Å². The second-order valence-electron chi connectivity index (χ2n) is 4.20. The number of hydrogen-bond acceptors (Lipinski definition) is 2. The molecule has 3 rings (SSSR count). The van der Waals surface area contributed by atoms with Gasteiger partial charge in [-0.2, -0.15) is 0 Å². The quantitative estimate of drug-likeness (QED) is 0.771. The van der Waals surface area contributed by atoms with Gasteiger partial charge >= 0.3 is 0 Å². The Morgan fingerprint density at radius 2 is 2.31 bits per heavy atom. The highest BCUT2D eigenvalue weighted by Crippen LogP contribution is 2.30. The second-order valence-corrected chi connectivity index (χ2v) is 4.20. The number of hydrogen-bond donors (Lipinski definition) is 0. The summed E-state index contributed by atoms with van der Waals surface area (Å²) in [5.41, 5.74) is 2.30. The lowest BCUT2D eigenvalue weighted by atomic mass is 10.2. The van der Waals surface area contributed by atoms with Crippen LogP contribution in [0, 0.1) is 0 Å². The summed E-state index contributed by atoms with van der Waals surface area (Å²) in [6.07, 6.45) is 2.45. The molecule has 0 spiro atoms. The van der Waals surface area contributed by atoms with E-state index in [2.05, 4.69) is 29.7 Å². The van der Waals surface area contributed by atoms with Crippen LogP contribution < -0.4 is 0 Å². The van der Waals surface area contributed by atoms with Gasteiger partial charge in [0.15, 0.2) is 0 Å². The molecule has 3 nitrogen and oxygen atoms in total. The molecule has 1 aliphatic heterocycles.